The van der Waals surface area contributed by atoms with Gasteiger partial charge in [-0.25, -0.2) is 9.69 Å². The van der Waals surface area contributed by atoms with Crippen molar-refractivity contribution in [1.29, 1.82) is 0 Å². The van der Waals surface area contributed by atoms with Gasteiger partial charge in [0.25, 0.3) is 5.91 Å². The summed E-state index contributed by atoms with van der Waals surface area (Å²) in [4.78, 5) is 42.8. The third-order valence-electron chi connectivity index (χ3n) is 11.0. The molecule has 172 valence electrons. The van der Waals surface area contributed by atoms with Crippen molar-refractivity contribution >= 4 is 23.4 Å². The van der Waals surface area contributed by atoms with Crippen molar-refractivity contribution in [3.05, 3.63) is 41.5 Å². The largest absolute Gasteiger partial charge is 0.443 e. The van der Waals surface area contributed by atoms with E-state index in [0.29, 0.717) is 23.0 Å². The third-order valence-corrected chi connectivity index (χ3v) is 11.0. The smallest absolute Gasteiger partial charge is 0.417 e. The van der Waals surface area contributed by atoms with E-state index >= 15 is 0 Å². The Hall–Kier alpha value is -2.43. The molecule has 5 heteroatoms. The van der Waals surface area contributed by atoms with Crippen LogP contribution in [0.5, 0.6) is 0 Å². The minimum atomic E-state index is -0.511. The number of carbonyl (C=O) groups excluding carboxylic acids is 3. The van der Waals surface area contributed by atoms with E-state index < -0.39 is 6.09 Å². The lowest BCUT2D eigenvalue weighted by Crippen LogP contribution is -2.51. The maximum absolute atomic E-state index is 14.4. The van der Waals surface area contributed by atoms with Crippen LogP contribution in [0.3, 0.4) is 0 Å². The standard InChI is InChI=1S/C28H31NO4/c1-27(2)17-11-12-28(27,3)24-23(17)33-26(32)29(24)25(31)21-18-15-9-10-16(13-15)20(18)22(30)19(21)14-7-5-4-6-8-14/h4-8,15-18,20,23-24H,9-13H2,1-3H3/t15-,16+,17-,18+,20-,23-,24-,28+/m1/s1. The van der Waals surface area contributed by atoms with E-state index in [2.05, 4.69) is 20.8 Å². The first-order valence-corrected chi connectivity index (χ1v) is 12.6. The molecule has 1 saturated heterocycles. The Morgan fingerprint density at radius 1 is 1.00 bits per heavy atom. The molecule has 7 rings (SSSR count). The molecule has 8 atom stereocenters. The second-order valence-corrected chi connectivity index (χ2v) is 12.2. The van der Waals surface area contributed by atoms with E-state index in [1.807, 2.05) is 30.3 Å². The van der Waals surface area contributed by atoms with Crippen LogP contribution in [0.15, 0.2) is 35.9 Å². The lowest BCUT2D eigenvalue weighted by Gasteiger charge is -2.41. The SMILES string of the molecule is CC1(C)[C@@H]2CC[C@@]1(C)[C@H]1[C@@H]2OC(=O)N1C(=O)C1=C(c2ccccc2)C(=O)[C@@H]2[C@H]3CC[C@H](C3)[C@H]12. The molecule has 0 aromatic heterocycles. The number of carbonyl (C=O) groups is 3. The summed E-state index contributed by atoms with van der Waals surface area (Å²) >= 11 is 0. The van der Waals surface area contributed by atoms with Gasteiger partial charge in [-0.05, 0) is 60.3 Å². The number of hydrogen-bond donors (Lipinski definition) is 0. The number of imide groups is 1. The molecule has 4 bridgehead atoms. The van der Waals surface area contributed by atoms with Crippen molar-refractivity contribution in [1.82, 2.24) is 4.90 Å². The Balaban J connectivity index is 1.37. The van der Waals surface area contributed by atoms with Crippen LogP contribution in [0.2, 0.25) is 0 Å². The number of rotatable bonds is 2. The molecule has 2 amide bonds. The first kappa shape index (κ1) is 20.0. The number of ketones is 1. The molecule has 0 unspecified atom stereocenters. The molecular weight excluding hydrogens is 414 g/mol. The average molecular weight is 446 g/mol. The molecule has 5 nitrogen and oxygen atoms in total. The normalized spacial score (nSPS) is 44.0. The van der Waals surface area contributed by atoms with Crippen molar-refractivity contribution < 1.29 is 19.1 Å². The fourth-order valence-corrected chi connectivity index (χ4v) is 9.15. The Morgan fingerprint density at radius 3 is 2.42 bits per heavy atom. The molecular formula is C28H31NO4. The maximum Gasteiger partial charge on any atom is 0.417 e. The van der Waals surface area contributed by atoms with Gasteiger partial charge in [0.15, 0.2) is 5.78 Å². The summed E-state index contributed by atoms with van der Waals surface area (Å²) < 4.78 is 5.91. The van der Waals surface area contributed by atoms with Gasteiger partial charge in [0.2, 0.25) is 0 Å². The van der Waals surface area contributed by atoms with Crippen molar-refractivity contribution in [2.75, 3.05) is 0 Å². The van der Waals surface area contributed by atoms with E-state index in [9.17, 15) is 14.4 Å². The maximum atomic E-state index is 14.4. The van der Waals surface area contributed by atoms with Crippen molar-refractivity contribution in [3.63, 3.8) is 0 Å². The van der Waals surface area contributed by atoms with E-state index in [-0.39, 0.29) is 52.4 Å². The number of amides is 2. The van der Waals surface area contributed by atoms with Crippen LogP contribution in [0.25, 0.3) is 5.57 Å². The highest BCUT2D eigenvalue weighted by molar-refractivity contribution is 6.31. The van der Waals surface area contributed by atoms with Crippen molar-refractivity contribution in [2.24, 2.45) is 40.4 Å². The number of Topliss-reactive ketones (excluding diaryl/α,β-unsaturated/α-hetero) is 1. The quantitative estimate of drug-likeness (QED) is 0.652. The van der Waals surface area contributed by atoms with Gasteiger partial charge >= 0.3 is 6.09 Å². The highest BCUT2D eigenvalue weighted by atomic mass is 16.6. The van der Waals surface area contributed by atoms with Crippen LogP contribution < -0.4 is 0 Å². The van der Waals surface area contributed by atoms with Crippen LogP contribution in [0.4, 0.5) is 4.79 Å². The van der Waals surface area contributed by atoms with Crippen molar-refractivity contribution in [2.45, 2.75) is 65.0 Å². The Bertz CT molecular complexity index is 1140. The summed E-state index contributed by atoms with van der Waals surface area (Å²) in [5, 5.41) is 0. The predicted octanol–water partition coefficient (Wildman–Crippen LogP) is 4.86. The third kappa shape index (κ3) is 2.18. The summed E-state index contributed by atoms with van der Waals surface area (Å²) in [7, 11) is 0. The molecule has 1 aromatic rings. The zero-order chi connectivity index (χ0) is 22.9. The van der Waals surface area contributed by atoms with Gasteiger partial charge in [-0.15, -0.1) is 0 Å². The average Bonchev–Trinajstić information content (AvgIpc) is 3.58. The van der Waals surface area contributed by atoms with Gasteiger partial charge in [-0.3, -0.25) is 9.59 Å². The zero-order valence-corrected chi connectivity index (χ0v) is 19.5. The first-order valence-electron chi connectivity index (χ1n) is 12.6. The molecule has 0 N–H and O–H groups in total. The molecule has 6 aliphatic rings. The van der Waals surface area contributed by atoms with E-state index in [1.165, 1.54) is 4.90 Å². The molecule has 5 aliphatic carbocycles. The summed E-state index contributed by atoms with van der Waals surface area (Å²) in [6, 6.07) is 9.37. The zero-order valence-electron chi connectivity index (χ0n) is 19.5. The molecule has 0 radical (unpaired) electrons. The van der Waals surface area contributed by atoms with Gasteiger partial charge in [0.05, 0.1) is 6.04 Å². The van der Waals surface area contributed by atoms with Crippen LogP contribution in [0.1, 0.15) is 58.4 Å². The topological polar surface area (TPSA) is 63.7 Å². The summed E-state index contributed by atoms with van der Waals surface area (Å²) in [5.74, 6) is 0.718. The number of benzene rings is 1. The minimum absolute atomic E-state index is 0.00133. The fraction of sp³-hybridized carbons (Fsp3) is 0.607. The fourth-order valence-electron chi connectivity index (χ4n) is 9.15. The van der Waals surface area contributed by atoms with Gasteiger partial charge < -0.3 is 4.74 Å². The molecule has 1 aliphatic heterocycles. The van der Waals surface area contributed by atoms with E-state index in [0.717, 1.165) is 37.7 Å². The minimum Gasteiger partial charge on any atom is -0.443 e. The van der Waals surface area contributed by atoms with Crippen LogP contribution in [0, 0.1) is 40.4 Å². The van der Waals surface area contributed by atoms with Gasteiger partial charge in [-0.2, -0.15) is 0 Å². The molecule has 4 saturated carbocycles. The first-order chi connectivity index (χ1) is 15.8. The van der Waals surface area contributed by atoms with Crippen molar-refractivity contribution in [3.8, 4) is 0 Å². The highest BCUT2D eigenvalue weighted by Gasteiger charge is 2.73. The van der Waals surface area contributed by atoms with E-state index in [1.54, 1.807) is 0 Å². The molecule has 33 heavy (non-hydrogen) atoms. The van der Waals surface area contributed by atoms with Crippen LogP contribution >= 0.6 is 0 Å². The van der Waals surface area contributed by atoms with Crippen LogP contribution in [-0.4, -0.2) is 34.8 Å². The van der Waals surface area contributed by atoms with Gasteiger partial charge in [0, 0.05) is 28.9 Å². The Labute approximate surface area is 194 Å². The summed E-state index contributed by atoms with van der Waals surface area (Å²) in [6.07, 6.45) is 4.46. The Morgan fingerprint density at radius 2 is 1.70 bits per heavy atom. The van der Waals surface area contributed by atoms with Gasteiger partial charge in [0.1, 0.15) is 6.10 Å². The molecule has 0 spiro atoms. The highest BCUT2D eigenvalue weighted by Crippen LogP contribution is 2.69. The second kappa shape index (κ2) is 6.17. The second-order valence-electron chi connectivity index (χ2n) is 12.2. The molecule has 5 fully saturated rings. The van der Waals surface area contributed by atoms with Gasteiger partial charge in [-0.1, -0.05) is 51.1 Å². The number of nitrogens with zero attached hydrogens (tertiary/aromatic N) is 1. The lowest BCUT2D eigenvalue weighted by atomic mass is 9.68. The summed E-state index contributed by atoms with van der Waals surface area (Å²) in [5.41, 5.74) is 1.80. The predicted molar refractivity (Wildman–Crippen MR) is 122 cm³/mol. The summed E-state index contributed by atoms with van der Waals surface area (Å²) in [6.45, 7) is 6.75. The number of ether oxygens (including phenoxy) is 1. The van der Waals surface area contributed by atoms with Crippen LogP contribution in [-0.2, 0) is 14.3 Å². The monoisotopic (exact) mass is 445 g/mol. The number of allylic oxidation sites excluding steroid dienone is 1. The molecule has 1 heterocycles. The molecule has 1 aromatic carbocycles. The lowest BCUT2D eigenvalue weighted by molar-refractivity contribution is -0.128. The Kier molecular flexibility index (Phi) is 3.73. The number of fused-ring (bicyclic) bond motifs is 10. The number of hydrogen-bond acceptors (Lipinski definition) is 4. The van der Waals surface area contributed by atoms with E-state index in [4.69, 9.17) is 4.74 Å².